The zero-order valence-electron chi connectivity index (χ0n) is 15.7. The van der Waals surface area contributed by atoms with E-state index in [9.17, 15) is 14.4 Å². The second kappa shape index (κ2) is 8.82. The lowest BCUT2D eigenvalue weighted by Gasteiger charge is -2.33. The van der Waals surface area contributed by atoms with Gasteiger partial charge in [0.05, 0.1) is 0 Å². The second-order valence-corrected chi connectivity index (χ2v) is 7.56. The molecule has 0 bridgehead atoms. The molecule has 0 atom stereocenters. The van der Waals surface area contributed by atoms with Crippen molar-refractivity contribution >= 4 is 12.0 Å². The molecule has 8 nitrogen and oxygen atoms in total. The molecule has 0 unspecified atom stereocenters. The Bertz CT molecular complexity index is 672. The summed E-state index contributed by atoms with van der Waals surface area (Å²) in [5.41, 5.74) is -0.819. The molecule has 0 saturated carbocycles. The maximum absolute atomic E-state index is 12.1. The lowest BCUT2D eigenvalue weighted by atomic mass is 9.93. The standard InChI is InChI=1S/C18H28N4O4/c1-18(2,3)26-17(25)22-10-5-14(6-11-22)13-15(23)19-8-12-21-9-4-7-20-16(21)24/h4,7,9,14H,5-6,8,10-13H2,1-3H3,(H,19,23). The number of rotatable bonds is 5. The van der Waals surface area contributed by atoms with Crippen LogP contribution in [-0.2, 0) is 16.1 Å². The Balaban J connectivity index is 1.67. The molecule has 2 amide bonds. The average Bonchev–Trinajstić information content (AvgIpc) is 2.55. The molecule has 1 fully saturated rings. The summed E-state index contributed by atoms with van der Waals surface area (Å²) < 4.78 is 6.83. The summed E-state index contributed by atoms with van der Waals surface area (Å²) in [5.74, 6) is 0.229. The topological polar surface area (TPSA) is 93.5 Å². The summed E-state index contributed by atoms with van der Waals surface area (Å²) in [6.07, 6.45) is 4.81. The number of nitrogens with one attached hydrogen (secondary N) is 1. The van der Waals surface area contributed by atoms with Crippen LogP contribution in [0, 0.1) is 5.92 Å². The van der Waals surface area contributed by atoms with Gasteiger partial charge in [0.1, 0.15) is 5.60 Å². The third-order valence-corrected chi connectivity index (χ3v) is 4.20. The highest BCUT2D eigenvalue weighted by Crippen LogP contribution is 2.22. The van der Waals surface area contributed by atoms with Gasteiger partial charge in [0.15, 0.2) is 0 Å². The van der Waals surface area contributed by atoms with Gasteiger partial charge in [-0.3, -0.25) is 9.36 Å². The normalized spacial score (nSPS) is 15.6. The van der Waals surface area contributed by atoms with Crippen LogP contribution in [0.25, 0.3) is 0 Å². The van der Waals surface area contributed by atoms with E-state index >= 15 is 0 Å². The zero-order valence-corrected chi connectivity index (χ0v) is 15.7. The van der Waals surface area contributed by atoms with Crippen LogP contribution in [0.2, 0.25) is 0 Å². The summed E-state index contributed by atoms with van der Waals surface area (Å²) in [6.45, 7) is 7.55. The van der Waals surface area contributed by atoms with Crippen LogP contribution >= 0.6 is 0 Å². The molecule has 1 aromatic rings. The molecule has 1 aliphatic heterocycles. The first-order valence-electron chi connectivity index (χ1n) is 9.01. The minimum Gasteiger partial charge on any atom is -0.444 e. The van der Waals surface area contributed by atoms with Crippen LogP contribution in [0.1, 0.15) is 40.0 Å². The number of carbonyl (C=O) groups excluding carboxylic acids is 2. The van der Waals surface area contributed by atoms with E-state index in [-0.39, 0.29) is 23.6 Å². The Morgan fingerprint density at radius 3 is 2.62 bits per heavy atom. The third kappa shape index (κ3) is 6.50. The number of aromatic nitrogens is 2. The Labute approximate surface area is 153 Å². The molecular formula is C18H28N4O4. The summed E-state index contributed by atoms with van der Waals surface area (Å²) in [5, 5.41) is 2.84. The molecular weight excluding hydrogens is 336 g/mol. The highest BCUT2D eigenvalue weighted by Gasteiger charge is 2.27. The van der Waals surface area contributed by atoms with Crippen molar-refractivity contribution in [2.75, 3.05) is 19.6 Å². The second-order valence-electron chi connectivity index (χ2n) is 7.56. The van der Waals surface area contributed by atoms with E-state index in [1.54, 1.807) is 17.2 Å². The maximum Gasteiger partial charge on any atom is 0.410 e. The van der Waals surface area contributed by atoms with Crippen LogP contribution in [0.5, 0.6) is 0 Å². The van der Waals surface area contributed by atoms with E-state index < -0.39 is 5.60 Å². The van der Waals surface area contributed by atoms with Crippen molar-refractivity contribution in [2.45, 2.75) is 52.2 Å². The Hall–Kier alpha value is -2.38. The van der Waals surface area contributed by atoms with Crippen LogP contribution in [0.15, 0.2) is 23.3 Å². The van der Waals surface area contributed by atoms with Crippen molar-refractivity contribution < 1.29 is 14.3 Å². The summed E-state index contributed by atoms with van der Waals surface area (Å²) >= 11 is 0. The van der Waals surface area contributed by atoms with Crippen molar-refractivity contribution in [3.63, 3.8) is 0 Å². The fourth-order valence-corrected chi connectivity index (χ4v) is 2.85. The third-order valence-electron chi connectivity index (χ3n) is 4.20. The molecule has 26 heavy (non-hydrogen) atoms. The lowest BCUT2D eigenvalue weighted by molar-refractivity contribution is -0.122. The summed E-state index contributed by atoms with van der Waals surface area (Å²) in [6, 6.07) is 1.68. The quantitative estimate of drug-likeness (QED) is 0.852. The SMILES string of the molecule is CC(C)(C)OC(=O)N1CCC(CC(=O)NCCn2cccnc2=O)CC1. The minimum absolute atomic E-state index is 0.0299. The number of nitrogens with zero attached hydrogens (tertiary/aromatic N) is 3. The van der Waals surface area contributed by atoms with E-state index in [0.29, 0.717) is 32.6 Å². The van der Waals surface area contributed by atoms with Gasteiger partial charge in [-0.15, -0.1) is 0 Å². The first-order chi connectivity index (χ1) is 12.2. The van der Waals surface area contributed by atoms with Gasteiger partial charge < -0.3 is 15.0 Å². The monoisotopic (exact) mass is 364 g/mol. The molecule has 0 aromatic carbocycles. The fraction of sp³-hybridized carbons (Fsp3) is 0.667. The van der Waals surface area contributed by atoms with Crippen molar-refractivity contribution in [3.8, 4) is 0 Å². The first-order valence-corrected chi connectivity index (χ1v) is 9.01. The van der Waals surface area contributed by atoms with Gasteiger partial charge in [-0.05, 0) is 45.6 Å². The number of likely N-dealkylation sites (tertiary alicyclic amines) is 1. The molecule has 0 spiro atoms. The molecule has 1 saturated heterocycles. The Kier molecular flexibility index (Phi) is 6.76. The molecule has 0 radical (unpaired) electrons. The number of ether oxygens (including phenoxy) is 1. The summed E-state index contributed by atoms with van der Waals surface area (Å²) in [7, 11) is 0. The molecule has 2 heterocycles. The molecule has 144 valence electrons. The van der Waals surface area contributed by atoms with Crippen molar-refractivity contribution in [3.05, 3.63) is 28.9 Å². The highest BCUT2D eigenvalue weighted by atomic mass is 16.6. The predicted molar refractivity (Wildman–Crippen MR) is 96.7 cm³/mol. The maximum atomic E-state index is 12.1. The number of piperidine rings is 1. The molecule has 0 aliphatic carbocycles. The van der Waals surface area contributed by atoms with Gasteiger partial charge in [-0.2, -0.15) is 0 Å². The molecule has 1 aliphatic rings. The van der Waals surface area contributed by atoms with Gasteiger partial charge >= 0.3 is 11.8 Å². The smallest absolute Gasteiger partial charge is 0.410 e. The van der Waals surface area contributed by atoms with E-state index in [0.717, 1.165) is 12.8 Å². The van der Waals surface area contributed by atoms with E-state index in [2.05, 4.69) is 10.3 Å². The van der Waals surface area contributed by atoms with Gasteiger partial charge in [-0.1, -0.05) is 0 Å². The Morgan fingerprint density at radius 1 is 1.31 bits per heavy atom. The van der Waals surface area contributed by atoms with Crippen molar-refractivity contribution in [1.82, 2.24) is 19.8 Å². The average molecular weight is 364 g/mol. The zero-order chi connectivity index (χ0) is 19.2. The van der Waals surface area contributed by atoms with Crippen LogP contribution in [-0.4, -0.2) is 51.7 Å². The molecule has 2 rings (SSSR count). The van der Waals surface area contributed by atoms with E-state index in [4.69, 9.17) is 4.74 Å². The van der Waals surface area contributed by atoms with E-state index in [1.807, 2.05) is 20.8 Å². The number of hydrogen-bond donors (Lipinski definition) is 1. The van der Waals surface area contributed by atoms with Gasteiger partial charge in [0, 0.05) is 45.0 Å². The minimum atomic E-state index is -0.496. The Morgan fingerprint density at radius 2 is 2.00 bits per heavy atom. The van der Waals surface area contributed by atoms with Crippen LogP contribution in [0.3, 0.4) is 0 Å². The highest BCUT2D eigenvalue weighted by molar-refractivity contribution is 5.76. The fourth-order valence-electron chi connectivity index (χ4n) is 2.85. The number of hydrogen-bond acceptors (Lipinski definition) is 5. The first kappa shape index (κ1) is 19.9. The van der Waals surface area contributed by atoms with Gasteiger partial charge in [0.2, 0.25) is 5.91 Å². The van der Waals surface area contributed by atoms with Crippen LogP contribution < -0.4 is 11.0 Å². The molecule has 1 aromatic heterocycles. The molecule has 1 N–H and O–H groups in total. The van der Waals surface area contributed by atoms with Gasteiger partial charge in [0.25, 0.3) is 0 Å². The number of carbonyl (C=O) groups is 2. The van der Waals surface area contributed by atoms with E-state index in [1.165, 1.54) is 10.8 Å². The van der Waals surface area contributed by atoms with Crippen molar-refractivity contribution in [2.24, 2.45) is 5.92 Å². The van der Waals surface area contributed by atoms with Gasteiger partial charge in [-0.25, -0.2) is 14.6 Å². The number of amides is 2. The van der Waals surface area contributed by atoms with Crippen LogP contribution in [0.4, 0.5) is 4.79 Å². The molecule has 8 heteroatoms. The predicted octanol–water partition coefficient (Wildman–Crippen LogP) is 1.40. The lowest BCUT2D eigenvalue weighted by Crippen LogP contribution is -2.42. The largest absolute Gasteiger partial charge is 0.444 e. The summed E-state index contributed by atoms with van der Waals surface area (Å²) in [4.78, 5) is 41.0. The van der Waals surface area contributed by atoms with Crippen molar-refractivity contribution in [1.29, 1.82) is 0 Å².